The van der Waals surface area contributed by atoms with Crippen molar-refractivity contribution in [3.8, 4) is 0 Å². The number of aliphatic hydroxyl groups is 1. The normalized spacial score (nSPS) is 10.9. The van der Waals surface area contributed by atoms with Gasteiger partial charge in [0.1, 0.15) is 0 Å². The fourth-order valence-electron chi connectivity index (χ4n) is 1.08. The van der Waals surface area contributed by atoms with Crippen LogP contribution in [0.3, 0.4) is 0 Å². The molecule has 1 aromatic rings. The molecule has 0 atom stereocenters. The zero-order valence-corrected chi connectivity index (χ0v) is 9.75. The maximum Gasteiger partial charge on any atom is 0.0895 e. The van der Waals surface area contributed by atoms with E-state index in [2.05, 4.69) is 4.98 Å². The average molecular weight is 225 g/mol. The third kappa shape index (κ3) is 3.57. The standard InChI is InChI=1S/C11H15NO2S/c1-3-14-6-7-15-11-4-5-12-10(8-13)9(11)2/h4-7,13H,3,8H2,1-2H3/b7-6+. The summed E-state index contributed by atoms with van der Waals surface area (Å²) in [5, 5.41) is 10.9. The number of hydrogen-bond donors (Lipinski definition) is 1. The number of thioether (sulfide) groups is 1. The van der Waals surface area contributed by atoms with Gasteiger partial charge >= 0.3 is 0 Å². The number of pyridine rings is 1. The van der Waals surface area contributed by atoms with Crippen LogP contribution in [0, 0.1) is 6.92 Å². The molecule has 0 saturated heterocycles. The molecule has 82 valence electrons. The van der Waals surface area contributed by atoms with Crippen molar-refractivity contribution < 1.29 is 9.84 Å². The Labute approximate surface area is 94.2 Å². The third-order valence-corrected chi connectivity index (χ3v) is 2.87. The van der Waals surface area contributed by atoms with Crippen molar-refractivity contribution in [1.29, 1.82) is 0 Å². The lowest BCUT2D eigenvalue weighted by Gasteiger charge is -2.05. The first-order valence-electron chi connectivity index (χ1n) is 4.78. The van der Waals surface area contributed by atoms with E-state index in [-0.39, 0.29) is 6.61 Å². The van der Waals surface area contributed by atoms with E-state index in [0.717, 1.165) is 16.2 Å². The highest BCUT2D eigenvalue weighted by atomic mass is 32.2. The van der Waals surface area contributed by atoms with Crippen LogP contribution >= 0.6 is 11.8 Å². The van der Waals surface area contributed by atoms with Gasteiger partial charge in [-0.05, 0) is 25.5 Å². The van der Waals surface area contributed by atoms with Gasteiger partial charge in [0.25, 0.3) is 0 Å². The quantitative estimate of drug-likeness (QED) is 0.617. The number of nitrogens with zero attached hydrogens (tertiary/aromatic N) is 1. The second kappa shape index (κ2) is 6.48. The molecule has 15 heavy (non-hydrogen) atoms. The Bertz CT molecular complexity index is 339. The first-order chi connectivity index (χ1) is 7.29. The van der Waals surface area contributed by atoms with Crippen LogP contribution < -0.4 is 0 Å². The first kappa shape index (κ1) is 12.1. The monoisotopic (exact) mass is 225 g/mol. The van der Waals surface area contributed by atoms with Gasteiger partial charge in [-0.2, -0.15) is 0 Å². The van der Waals surface area contributed by atoms with Crippen molar-refractivity contribution in [2.24, 2.45) is 0 Å². The van der Waals surface area contributed by atoms with Crippen LogP contribution in [0.4, 0.5) is 0 Å². The number of hydrogen-bond acceptors (Lipinski definition) is 4. The molecule has 1 rings (SSSR count). The van der Waals surface area contributed by atoms with Crippen LogP contribution in [0.25, 0.3) is 0 Å². The summed E-state index contributed by atoms with van der Waals surface area (Å²) in [5.41, 5.74) is 1.75. The van der Waals surface area contributed by atoms with Crippen molar-refractivity contribution in [1.82, 2.24) is 4.98 Å². The van der Waals surface area contributed by atoms with Gasteiger partial charge in [-0.1, -0.05) is 11.8 Å². The predicted molar refractivity (Wildman–Crippen MR) is 61.5 cm³/mol. The summed E-state index contributed by atoms with van der Waals surface area (Å²) in [6, 6.07) is 1.93. The Balaban J connectivity index is 2.68. The lowest BCUT2D eigenvalue weighted by Crippen LogP contribution is -1.94. The molecule has 0 fully saturated rings. The van der Waals surface area contributed by atoms with Crippen LogP contribution in [0.1, 0.15) is 18.2 Å². The molecule has 0 aliphatic heterocycles. The minimum absolute atomic E-state index is 0.0184. The van der Waals surface area contributed by atoms with Crippen LogP contribution in [0.2, 0.25) is 0 Å². The van der Waals surface area contributed by atoms with E-state index in [1.807, 2.05) is 25.3 Å². The van der Waals surface area contributed by atoms with Gasteiger partial charge in [-0.3, -0.25) is 4.98 Å². The Morgan fingerprint density at radius 3 is 3.07 bits per heavy atom. The molecular weight excluding hydrogens is 210 g/mol. The molecule has 0 aliphatic rings. The zero-order valence-electron chi connectivity index (χ0n) is 8.93. The number of aromatic nitrogens is 1. The highest BCUT2D eigenvalue weighted by Crippen LogP contribution is 2.24. The molecule has 0 unspecified atom stereocenters. The second-order valence-corrected chi connectivity index (χ2v) is 3.83. The van der Waals surface area contributed by atoms with Crippen LogP contribution in [-0.2, 0) is 11.3 Å². The van der Waals surface area contributed by atoms with E-state index in [1.54, 1.807) is 24.2 Å². The van der Waals surface area contributed by atoms with Gasteiger partial charge in [0.15, 0.2) is 0 Å². The zero-order chi connectivity index (χ0) is 11.1. The predicted octanol–water partition coefficient (Wildman–Crippen LogP) is 2.48. The van der Waals surface area contributed by atoms with Crippen molar-refractivity contribution in [2.45, 2.75) is 25.3 Å². The summed E-state index contributed by atoms with van der Waals surface area (Å²) in [6.07, 6.45) is 3.37. The van der Waals surface area contributed by atoms with Crippen molar-refractivity contribution in [3.63, 3.8) is 0 Å². The maximum absolute atomic E-state index is 9.04. The molecule has 0 aromatic carbocycles. The molecule has 0 bridgehead atoms. The van der Waals surface area contributed by atoms with E-state index >= 15 is 0 Å². The summed E-state index contributed by atoms with van der Waals surface area (Å²) in [5.74, 6) is 0. The molecule has 1 aromatic heterocycles. The van der Waals surface area contributed by atoms with Crippen molar-refractivity contribution >= 4 is 11.8 Å². The van der Waals surface area contributed by atoms with Gasteiger partial charge in [0, 0.05) is 16.5 Å². The Hall–Kier alpha value is -1.00. The highest BCUT2D eigenvalue weighted by Gasteiger charge is 2.03. The summed E-state index contributed by atoms with van der Waals surface area (Å²) in [4.78, 5) is 5.17. The van der Waals surface area contributed by atoms with E-state index in [1.165, 1.54) is 0 Å². The number of rotatable bonds is 5. The minimum atomic E-state index is -0.0184. The average Bonchev–Trinajstić information content (AvgIpc) is 2.26. The summed E-state index contributed by atoms with van der Waals surface area (Å²) in [6.45, 7) is 4.55. The number of ether oxygens (including phenoxy) is 1. The minimum Gasteiger partial charge on any atom is -0.501 e. The lowest BCUT2D eigenvalue weighted by molar-refractivity contribution is 0.270. The molecular formula is C11H15NO2S. The van der Waals surface area contributed by atoms with Crippen LogP contribution in [-0.4, -0.2) is 16.7 Å². The van der Waals surface area contributed by atoms with E-state index < -0.39 is 0 Å². The summed E-state index contributed by atoms with van der Waals surface area (Å²) < 4.78 is 5.09. The van der Waals surface area contributed by atoms with Gasteiger partial charge in [0.2, 0.25) is 0 Å². The Morgan fingerprint density at radius 2 is 2.40 bits per heavy atom. The van der Waals surface area contributed by atoms with Crippen molar-refractivity contribution in [2.75, 3.05) is 6.61 Å². The van der Waals surface area contributed by atoms with Crippen molar-refractivity contribution in [3.05, 3.63) is 35.2 Å². The largest absolute Gasteiger partial charge is 0.501 e. The van der Waals surface area contributed by atoms with Crippen LogP contribution in [0.15, 0.2) is 28.8 Å². The van der Waals surface area contributed by atoms with E-state index in [0.29, 0.717) is 6.61 Å². The molecule has 0 spiro atoms. The maximum atomic E-state index is 9.04. The van der Waals surface area contributed by atoms with E-state index in [4.69, 9.17) is 9.84 Å². The smallest absolute Gasteiger partial charge is 0.0895 e. The SMILES string of the molecule is CCO/C=C/Sc1ccnc(CO)c1C. The molecule has 3 nitrogen and oxygen atoms in total. The van der Waals surface area contributed by atoms with Gasteiger partial charge in [0.05, 0.1) is 25.2 Å². The second-order valence-electron chi connectivity index (χ2n) is 2.88. The molecule has 4 heteroatoms. The number of aliphatic hydroxyl groups excluding tert-OH is 1. The molecule has 1 N–H and O–H groups in total. The topological polar surface area (TPSA) is 42.4 Å². The Kier molecular flexibility index (Phi) is 5.21. The Morgan fingerprint density at radius 1 is 1.60 bits per heavy atom. The van der Waals surface area contributed by atoms with Gasteiger partial charge < -0.3 is 9.84 Å². The molecule has 1 heterocycles. The third-order valence-electron chi connectivity index (χ3n) is 1.92. The highest BCUT2D eigenvalue weighted by molar-refractivity contribution is 8.02. The fraction of sp³-hybridized carbons (Fsp3) is 0.364. The van der Waals surface area contributed by atoms with Gasteiger partial charge in [-0.25, -0.2) is 0 Å². The molecule has 0 saturated carbocycles. The molecule has 0 aliphatic carbocycles. The summed E-state index contributed by atoms with van der Waals surface area (Å²) >= 11 is 1.56. The van der Waals surface area contributed by atoms with Crippen LogP contribution in [0.5, 0.6) is 0 Å². The fourth-order valence-corrected chi connectivity index (χ4v) is 1.80. The first-order valence-corrected chi connectivity index (χ1v) is 5.66. The van der Waals surface area contributed by atoms with Gasteiger partial charge in [-0.15, -0.1) is 0 Å². The summed E-state index contributed by atoms with van der Waals surface area (Å²) in [7, 11) is 0. The molecule has 0 amide bonds. The molecule has 0 radical (unpaired) electrons. The lowest BCUT2D eigenvalue weighted by atomic mass is 10.2. The van der Waals surface area contributed by atoms with E-state index in [9.17, 15) is 0 Å².